The highest BCUT2D eigenvalue weighted by Crippen LogP contribution is 2.32. The fraction of sp³-hybridized carbons (Fsp3) is 0.333. The summed E-state index contributed by atoms with van der Waals surface area (Å²) >= 11 is 0. The first-order chi connectivity index (χ1) is 24.3. The number of benzene rings is 2. The van der Waals surface area contributed by atoms with Crippen LogP contribution in [0, 0.1) is 0 Å². The summed E-state index contributed by atoms with van der Waals surface area (Å²) < 4.78 is 58.5. The molecule has 2 aromatic carbocycles. The SMILES string of the molecule is COc1cccc(-c2cnc3ccc(NC4CCOCC4)nn23)c1.FC(F)(F)c1cccc(-c2cnc3ccc(NC4CCOCC4)nn23)c1. The van der Waals surface area contributed by atoms with Crippen LogP contribution in [0.15, 0.2) is 85.2 Å². The van der Waals surface area contributed by atoms with E-state index in [0.29, 0.717) is 42.0 Å². The van der Waals surface area contributed by atoms with Crippen molar-refractivity contribution in [2.24, 2.45) is 0 Å². The van der Waals surface area contributed by atoms with E-state index >= 15 is 0 Å². The van der Waals surface area contributed by atoms with Crippen LogP contribution in [0.3, 0.4) is 0 Å². The Hall–Kier alpha value is -5.21. The molecule has 2 aliphatic heterocycles. The summed E-state index contributed by atoms with van der Waals surface area (Å²) in [5.41, 5.74) is 3.61. The average molecular weight is 687 g/mol. The first kappa shape index (κ1) is 33.3. The van der Waals surface area contributed by atoms with Crippen LogP contribution in [0.25, 0.3) is 33.8 Å². The third-order valence-corrected chi connectivity index (χ3v) is 8.72. The molecular formula is C36H37F3N8O3. The maximum absolute atomic E-state index is 13.0. The maximum Gasteiger partial charge on any atom is 0.416 e. The van der Waals surface area contributed by atoms with E-state index in [-0.39, 0.29) is 6.04 Å². The van der Waals surface area contributed by atoms with Gasteiger partial charge >= 0.3 is 6.18 Å². The molecule has 0 atom stereocenters. The molecule has 2 fully saturated rings. The van der Waals surface area contributed by atoms with Gasteiger partial charge in [0.2, 0.25) is 0 Å². The van der Waals surface area contributed by atoms with E-state index in [1.807, 2.05) is 53.2 Å². The third kappa shape index (κ3) is 7.66. The Morgan fingerprint density at radius 1 is 0.680 bits per heavy atom. The number of nitrogens with one attached hydrogen (secondary N) is 2. The summed E-state index contributed by atoms with van der Waals surface area (Å²) in [7, 11) is 1.67. The number of nitrogens with zero attached hydrogens (tertiary/aromatic N) is 6. The maximum atomic E-state index is 13.0. The number of anilines is 2. The van der Waals surface area contributed by atoms with E-state index in [9.17, 15) is 13.2 Å². The lowest BCUT2D eigenvalue weighted by Gasteiger charge is -2.23. The molecular weight excluding hydrogens is 649 g/mol. The van der Waals surface area contributed by atoms with Gasteiger partial charge in [-0.25, -0.2) is 19.0 Å². The minimum absolute atomic E-state index is 0.272. The molecule has 260 valence electrons. The smallest absolute Gasteiger partial charge is 0.416 e. The Morgan fingerprint density at radius 3 is 1.68 bits per heavy atom. The highest BCUT2D eigenvalue weighted by Gasteiger charge is 2.30. The molecule has 0 unspecified atom stereocenters. The molecule has 8 rings (SSSR count). The van der Waals surface area contributed by atoms with Gasteiger partial charge in [0.25, 0.3) is 0 Å². The monoisotopic (exact) mass is 686 g/mol. The molecule has 4 aromatic heterocycles. The van der Waals surface area contributed by atoms with E-state index in [1.165, 1.54) is 12.3 Å². The van der Waals surface area contributed by atoms with Crippen LogP contribution in [0.1, 0.15) is 31.2 Å². The number of imidazole rings is 2. The molecule has 0 saturated carbocycles. The highest BCUT2D eigenvalue weighted by atomic mass is 19.4. The molecule has 50 heavy (non-hydrogen) atoms. The molecule has 0 amide bonds. The largest absolute Gasteiger partial charge is 0.497 e. The van der Waals surface area contributed by atoms with Gasteiger partial charge in [0, 0.05) is 49.6 Å². The van der Waals surface area contributed by atoms with Gasteiger partial charge in [-0.05, 0) is 74.2 Å². The van der Waals surface area contributed by atoms with E-state index in [2.05, 4.69) is 25.7 Å². The summed E-state index contributed by atoms with van der Waals surface area (Å²) in [5.74, 6) is 2.34. The molecule has 0 bridgehead atoms. The Labute approximate surface area is 286 Å². The van der Waals surface area contributed by atoms with E-state index in [0.717, 1.165) is 79.5 Å². The Kier molecular flexibility index (Phi) is 9.81. The molecule has 6 aromatic rings. The first-order valence-corrected chi connectivity index (χ1v) is 16.5. The minimum atomic E-state index is -4.39. The Morgan fingerprint density at radius 2 is 1.18 bits per heavy atom. The number of methoxy groups -OCH3 is 1. The number of rotatable bonds is 7. The molecule has 6 heterocycles. The van der Waals surface area contributed by atoms with Crippen molar-refractivity contribution in [1.82, 2.24) is 29.2 Å². The van der Waals surface area contributed by atoms with Crippen molar-refractivity contribution in [3.63, 3.8) is 0 Å². The second kappa shape index (κ2) is 14.7. The van der Waals surface area contributed by atoms with Crippen molar-refractivity contribution >= 4 is 22.9 Å². The van der Waals surface area contributed by atoms with Gasteiger partial charge < -0.3 is 24.8 Å². The molecule has 0 spiro atoms. The molecule has 2 N–H and O–H groups in total. The normalized spacial score (nSPS) is 15.8. The van der Waals surface area contributed by atoms with Crippen molar-refractivity contribution in [3.05, 3.63) is 90.8 Å². The van der Waals surface area contributed by atoms with E-state index in [1.54, 1.807) is 23.8 Å². The van der Waals surface area contributed by atoms with Gasteiger partial charge in [-0.3, -0.25) is 0 Å². The fourth-order valence-electron chi connectivity index (χ4n) is 6.03. The number of halogens is 3. The van der Waals surface area contributed by atoms with Crippen LogP contribution in [-0.4, -0.2) is 74.8 Å². The lowest BCUT2D eigenvalue weighted by atomic mass is 10.1. The van der Waals surface area contributed by atoms with Crippen molar-refractivity contribution in [2.45, 2.75) is 43.9 Å². The summed E-state index contributed by atoms with van der Waals surface area (Å²) in [6.45, 7) is 3.03. The second-order valence-electron chi connectivity index (χ2n) is 12.1. The minimum Gasteiger partial charge on any atom is -0.497 e. The van der Waals surface area contributed by atoms with Crippen molar-refractivity contribution < 1.29 is 27.4 Å². The standard InChI is InChI=1S/C18H17F3N4O.C18H20N4O2/c19-18(20,21)13-3-1-2-12(10-13)15-11-22-17-5-4-16(24-25(15)17)23-14-6-8-26-9-7-14;1-23-15-4-2-3-13(11-15)16-12-19-18-6-5-17(21-22(16)18)20-14-7-9-24-10-8-14/h1-5,10-11,14H,6-9H2,(H,23,24);2-6,11-12,14H,7-10H2,1H3,(H,20,21). The lowest BCUT2D eigenvalue weighted by Crippen LogP contribution is -2.28. The van der Waals surface area contributed by atoms with Gasteiger partial charge in [-0.1, -0.05) is 24.3 Å². The number of hydrogen-bond donors (Lipinski definition) is 2. The van der Waals surface area contributed by atoms with Crippen LogP contribution in [0.4, 0.5) is 24.8 Å². The summed E-state index contributed by atoms with van der Waals surface area (Å²) in [5, 5.41) is 16.1. The van der Waals surface area contributed by atoms with Gasteiger partial charge in [0.05, 0.1) is 36.5 Å². The summed E-state index contributed by atoms with van der Waals surface area (Å²) in [4.78, 5) is 8.70. The van der Waals surface area contributed by atoms with E-state index in [4.69, 9.17) is 19.3 Å². The summed E-state index contributed by atoms with van der Waals surface area (Å²) in [6, 6.07) is 21.4. The van der Waals surface area contributed by atoms with Crippen LogP contribution in [0.5, 0.6) is 5.75 Å². The van der Waals surface area contributed by atoms with Gasteiger partial charge in [-0.15, -0.1) is 10.2 Å². The second-order valence-corrected chi connectivity index (χ2v) is 12.1. The molecule has 2 saturated heterocycles. The van der Waals surface area contributed by atoms with Crippen LogP contribution < -0.4 is 15.4 Å². The molecule has 14 heteroatoms. The molecule has 0 radical (unpaired) electrons. The van der Waals surface area contributed by atoms with Crippen molar-refractivity contribution in [3.8, 4) is 28.3 Å². The number of fused-ring (bicyclic) bond motifs is 2. The van der Waals surface area contributed by atoms with Gasteiger partial charge in [0.1, 0.15) is 17.4 Å². The molecule has 11 nitrogen and oxygen atoms in total. The van der Waals surface area contributed by atoms with Crippen LogP contribution in [0.2, 0.25) is 0 Å². The number of aromatic nitrogens is 6. The Balaban J connectivity index is 0.000000157. The molecule has 0 aliphatic carbocycles. The van der Waals surface area contributed by atoms with Gasteiger partial charge in [-0.2, -0.15) is 13.2 Å². The predicted molar refractivity (Wildman–Crippen MR) is 183 cm³/mol. The predicted octanol–water partition coefficient (Wildman–Crippen LogP) is 7.00. The molecule has 2 aliphatic rings. The zero-order valence-corrected chi connectivity index (χ0v) is 27.4. The van der Waals surface area contributed by atoms with Crippen molar-refractivity contribution in [2.75, 3.05) is 44.2 Å². The summed E-state index contributed by atoms with van der Waals surface area (Å²) in [6.07, 6.45) is 2.79. The topological polar surface area (TPSA) is 112 Å². The van der Waals surface area contributed by atoms with Crippen LogP contribution >= 0.6 is 0 Å². The number of ether oxygens (including phenoxy) is 3. The number of hydrogen-bond acceptors (Lipinski definition) is 9. The average Bonchev–Trinajstić information content (AvgIpc) is 3.77. The van der Waals surface area contributed by atoms with Crippen molar-refractivity contribution in [1.29, 1.82) is 0 Å². The third-order valence-electron chi connectivity index (χ3n) is 8.72. The quantitative estimate of drug-likeness (QED) is 0.183. The first-order valence-electron chi connectivity index (χ1n) is 16.5. The van der Waals surface area contributed by atoms with Gasteiger partial charge in [0.15, 0.2) is 11.3 Å². The van der Waals surface area contributed by atoms with Crippen LogP contribution in [-0.2, 0) is 15.7 Å². The number of alkyl halides is 3. The lowest BCUT2D eigenvalue weighted by molar-refractivity contribution is -0.137. The zero-order chi connectivity index (χ0) is 34.5. The Bertz CT molecular complexity index is 2050. The van der Waals surface area contributed by atoms with E-state index < -0.39 is 11.7 Å². The fourth-order valence-corrected chi connectivity index (χ4v) is 6.03. The highest BCUT2D eigenvalue weighted by molar-refractivity contribution is 5.66. The zero-order valence-electron chi connectivity index (χ0n) is 27.4.